The Morgan fingerprint density at radius 1 is 0.811 bits per heavy atom. The average Bonchev–Trinajstić information content (AvgIpc) is 3.31. The Morgan fingerprint density at radius 3 is 2.41 bits per heavy atom. The van der Waals surface area contributed by atoms with Gasteiger partial charge in [-0.2, -0.15) is 4.89 Å². The molecular weight excluding hydrogens is 466 g/mol. The van der Waals surface area contributed by atoms with E-state index in [1.54, 1.807) is 6.92 Å². The molecule has 3 aromatic carbocycles. The van der Waals surface area contributed by atoms with Crippen LogP contribution in [0.1, 0.15) is 30.2 Å². The molecule has 0 fully saturated rings. The number of carbonyl (C=O) groups excluding carboxylic acids is 1. The highest BCUT2D eigenvalue weighted by molar-refractivity contribution is 5.69. The molecule has 37 heavy (non-hydrogen) atoms. The summed E-state index contributed by atoms with van der Waals surface area (Å²) in [7, 11) is 0. The average molecular weight is 500 g/mol. The van der Waals surface area contributed by atoms with Crippen molar-refractivity contribution in [1.29, 1.82) is 0 Å². The van der Waals surface area contributed by atoms with E-state index in [1.807, 2.05) is 54.6 Å². The summed E-state index contributed by atoms with van der Waals surface area (Å²) in [6, 6.07) is 30.4. The van der Waals surface area contributed by atoms with Gasteiger partial charge in [-0.05, 0) is 67.8 Å². The Morgan fingerprint density at radius 2 is 1.62 bits per heavy atom. The third kappa shape index (κ3) is 7.72. The summed E-state index contributed by atoms with van der Waals surface area (Å²) in [6.45, 7) is 6.00. The van der Waals surface area contributed by atoms with Gasteiger partial charge in [-0.25, -0.2) is 4.79 Å². The van der Waals surface area contributed by atoms with Crippen molar-refractivity contribution in [2.24, 2.45) is 0 Å². The number of aryl methyl sites for hydroxylation is 2. The molecule has 6 nitrogen and oxygen atoms in total. The van der Waals surface area contributed by atoms with Gasteiger partial charge in [-0.15, -0.1) is 0 Å². The number of rotatable bonds is 13. The van der Waals surface area contributed by atoms with E-state index in [2.05, 4.69) is 57.7 Å². The highest BCUT2D eigenvalue weighted by atomic mass is 17.2. The molecule has 1 heterocycles. The SMILES string of the molecule is CCOOC(=O)CCc1ccc(OCCn2c(C)ccc2-c2cccc(OCc3ccccc3)c2)cc1. The van der Waals surface area contributed by atoms with Gasteiger partial charge in [0.2, 0.25) is 0 Å². The van der Waals surface area contributed by atoms with Crippen LogP contribution in [0.4, 0.5) is 0 Å². The van der Waals surface area contributed by atoms with Crippen molar-refractivity contribution in [3.8, 4) is 22.8 Å². The lowest BCUT2D eigenvalue weighted by atomic mass is 10.1. The van der Waals surface area contributed by atoms with Gasteiger partial charge in [0.1, 0.15) is 24.7 Å². The van der Waals surface area contributed by atoms with Crippen molar-refractivity contribution in [1.82, 2.24) is 4.57 Å². The van der Waals surface area contributed by atoms with E-state index in [9.17, 15) is 4.79 Å². The lowest BCUT2D eigenvalue weighted by Crippen LogP contribution is -2.10. The lowest BCUT2D eigenvalue weighted by Gasteiger charge is -2.14. The summed E-state index contributed by atoms with van der Waals surface area (Å²) in [5.41, 5.74) is 5.58. The molecule has 0 N–H and O–H groups in total. The molecule has 4 rings (SSSR count). The van der Waals surface area contributed by atoms with Crippen LogP contribution in [-0.4, -0.2) is 23.8 Å². The number of hydrogen-bond acceptors (Lipinski definition) is 5. The van der Waals surface area contributed by atoms with Crippen molar-refractivity contribution in [3.05, 3.63) is 108 Å². The molecule has 0 spiro atoms. The van der Waals surface area contributed by atoms with E-state index >= 15 is 0 Å². The topological polar surface area (TPSA) is 58.9 Å². The molecule has 192 valence electrons. The first-order valence-corrected chi connectivity index (χ1v) is 12.6. The molecule has 0 saturated carbocycles. The smallest absolute Gasteiger partial charge is 0.342 e. The van der Waals surface area contributed by atoms with Crippen LogP contribution in [-0.2, 0) is 34.1 Å². The van der Waals surface area contributed by atoms with E-state index in [4.69, 9.17) is 9.47 Å². The van der Waals surface area contributed by atoms with Crippen LogP contribution in [0.25, 0.3) is 11.3 Å². The van der Waals surface area contributed by atoms with Crippen LogP contribution in [0.2, 0.25) is 0 Å². The van der Waals surface area contributed by atoms with Gasteiger partial charge in [0.15, 0.2) is 0 Å². The van der Waals surface area contributed by atoms with Crippen LogP contribution in [0, 0.1) is 6.92 Å². The number of carbonyl (C=O) groups is 1. The van der Waals surface area contributed by atoms with E-state index < -0.39 is 0 Å². The zero-order valence-corrected chi connectivity index (χ0v) is 21.4. The van der Waals surface area contributed by atoms with E-state index in [0.29, 0.717) is 32.8 Å². The number of hydrogen-bond donors (Lipinski definition) is 0. The fourth-order valence-electron chi connectivity index (χ4n) is 4.02. The van der Waals surface area contributed by atoms with Gasteiger partial charge < -0.3 is 14.0 Å². The first-order valence-electron chi connectivity index (χ1n) is 12.6. The predicted molar refractivity (Wildman–Crippen MR) is 143 cm³/mol. The first kappa shape index (κ1) is 26.0. The summed E-state index contributed by atoms with van der Waals surface area (Å²) in [5.74, 6) is 1.27. The number of aromatic nitrogens is 1. The Bertz CT molecular complexity index is 1260. The Hall–Kier alpha value is -4.03. The molecule has 4 aromatic rings. The van der Waals surface area contributed by atoms with Crippen molar-refractivity contribution in [2.45, 2.75) is 39.8 Å². The summed E-state index contributed by atoms with van der Waals surface area (Å²) in [5, 5.41) is 0. The van der Waals surface area contributed by atoms with Crippen LogP contribution >= 0.6 is 0 Å². The number of ether oxygens (including phenoxy) is 2. The summed E-state index contributed by atoms with van der Waals surface area (Å²) in [6.07, 6.45) is 0.862. The minimum atomic E-state index is -0.367. The molecule has 1 aromatic heterocycles. The van der Waals surface area contributed by atoms with Crippen molar-refractivity contribution in [2.75, 3.05) is 13.2 Å². The summed E-state index contributed by atoms with van der Waals surface area (Å²) >= 11 is 0. The first-order chi connectivity index (χ1) is 18.1. The Labute approximate surface area is 218 Å². The molecule has 6 heteroatoms. The third-order valence-corrected chi connectivity index (χ3v) is 5.97. The number of nitrogens with zero attached hydrogens (tertiary/aromatic N) is 1. The standard InChI is InChI=1S/C31H33NO5/c1-3-36-37-31(33)19-15-25-13-16-28(17-14-25)34-21-20-32-24(2)12-18-30(32)27-10-7-11-29(22-27)35-23-26-8-5-4-6-9-26/h4-14,16-18,22H,3,15,19-21,23H2,1-2H3. The van der Waals surface area contributed by atoms with Crippen molar-refractivity contribution >= 4 is 5.97 Å². The minimum absolute atomic E-state index is 0.272. The molecule has 0 bridgehead atoms. The monoisotopic (exact) mass is 499 g/mol. The third-order valence-electron chi connectivity index (χ3n) is 5.97. The molecule has 0 aliphatic carbocycles. The summed E-state index contributed by atoms with van der Waals surface area (Å²) in [4.78, 5) is 20.9. The summed E-state index contributed by atoms with van der Waals surface area (Å²) < 4.78 is 14.3. The van der Waals surface area contributed by atoms with Crippen LogP contribution in [0.5, 0.6) is 11.5 Å². The fourth-order valence-corrected chi connectivity index (χ4v) is 4.02. The quantitative estimate of drug-likeness (QED) is 0.154. The molecule has 0 saturated heterocycles. The Balaban J connectivity index is 1.31. The van der Waals surface area contributed by atoms with Crippen molar-refractivity contribution in [3.63, 3.8) is 0 Å². The van der Waals surface area contributed by atoms with E-state index in [-0.39, 0.29) is 12.4 Å². The van der Waals surface area contributed by atoms with E-state index in [0.717, 1.165) is 33.9 Å². The molecule has 0 unspecified atom stereocenters. The van der Waals surface area contributed by atoms with Crippen molar-refractivity contribution < 1.29 is 24.0 Å². The minimum Gasteiger partial charge on any atom is -0.492 e. The second-order valence-corrected chi connectivity index (χ2v) is 8.67. The second kappa shape index (κ2) is 13.3. The molecule has 0 aliphatic rings. The van der Waals surface area contributed by atoms with Gasteiger partial charge in [0, 0.05) is 17.0 Å². The zero-order chi connectivity index (χ0) is 25.9. The van der Waals surface area contributed by atoms with Crippen LogP contribution in [0.3, 0.4) is 0 Å². The van der Waals surface area contributed by atoms with Gasteiger partial charge >= 0.3 is 5.97 Å². The Kier molecular flexibility index (Phi) is 9.38. The highest BCUT2D eigenvalue weighted by Gasteiger charge is 2.10. The maximum Gasteiger partial charge on any atom is 0.342 e. The molecule has 0 aliphatic heterocycles. The maximum atomic E-state index is 11.6. The number of benzene rings is 3. The van der Waals surface area contributed by atoms with Crippen LogP contribution in [0.15, 0.2) is 91.0 Å². The van der Waals surface area contributed by atoms with E-state index in [1.165, 1.54) is 5.69 Å². The highest BCUT2D eigenvalue weighted by Crippen LogP contribution is 2.27. The predicted octanol–water partition coefficient (Wildman–Crippen LogP) is 6.55. The van der Waals surface area contributed by atoms with Crippen LogP contribution < -0.4 is 9.47 Å². The lowest BCUT2D eigenvalue weighted by molar-refractivity contribution is -0.269. The molecule has 0 atom stereocenters. The maximum absolute atomic E-state index is 11.6. The van der Waals surface area contributed by atoms with Gasteiger partial charge in [0.25, 0.3) is 0 Å². The van der Waals surface area contributed by atoms with Gasteiger partial charge in [-0.3, -0.25) is 4.89 Å². The molecular formula is C31H33NO5. The normalized spacial score (nSPS) is 10.8. The molecule has 0 amide bonds. The fraction of sp³-hybridized carbons (Fsp3) is 0.258. The largest absolute Gasteiger partial charge is 0.492 e. The molecule has 0 radical (unpaired) electrons. The second-order valence-electron chi connectivity index (χ2n) is 8.67. The van der Waals surface area contributed by atoms with Gasteiger partial charge in [-0.1, -0.05) is 54.6 Å². The van der Waals surface area contributed by atoms with Gasteiger partial charge in [0.05, 0.1) is 19.6 Å². The zero-order valence-electron chi connectivity index (χ0n) is 21.4.